The van der Waals surface area contributed by atoms with Gasteiger partial charge in [0.05, 0.1) is 16.5 Å². The van der Waals surface area contributed by atoms with Gasteiger partial charge in [0.2, 0.25) is 0 Å². The molecule has 0 amide bonds. The number of halogens is 7. The van der Waals surface area contributed by atoms with Gasteiger partial charge in [0.25, 0.3) is 0 Å². The van der Waals surface area contributed by atoms with Gasteiger partial charge < -0.3 is 14.9 Å². The number of carbonyl (C=O) groups excluding carboxylic acids is 1. The van der Waals surface area contributed by atoms with Crippen molar-refractivity contribution in [1.29, 1.82) is 5.26 Å². The number of benzene rings is 3. The first-order chi connectivity index (χ1) is 21.9. The predicted octanol–water partition coefficient (Wildman–Crippen LogP) is 7.03. The fourth-order valence-corrected chi connectivity index (χ4v) is 5.78. The molecular formula is C32H27Cl2F5N2O6. The van der Waals surface area contributed by atoms with Crippen molar-refractivity contribution in [3.8, 4) is 6.07 Å². The van der Waals surface area contributed by atoms with Crippen molar-refractivity contribution in [2.45, 2.75) is 56.5 Å². The summed E-state index contributed by atoms with van der Waals surface area (Å²) in [6.45, 7) is 3.18. The second kappa shape index (κ2) is 14.7. The average Bonchev–Trinajstić information content (AvgIpc) is 3.31. The number of rotatable bonds is 8. The molecule has 0 aromatic heterocycles. The van der Waals surface area contributed by atoms with Crippen LogP contribution in [-0.4, -0.2) is 46.4 Å². The molecule has 3 aromatic rings. The number of ether oxygens (including phenoxy) is 1. The molecule has 1 aliphatic heterocycles. The first kappa shape index (κ1) is 37.2. The van der Waals surface area contributed by atoms with Crippen LogP contribution in [0, 0.1) is 28.4 Å². The molecule has 1 heterocycles. The maximum atomic E-state index is 15.6. The third-order valence-electron chi connectivity index (χ3n) is 7.62. The minimum absolute atomic E-state index is 0.00447. The Morgan fingerprint density at radius 3 is 2.15 bits per heavy atom. The summed E-state index contributed by atoms with van der Waals surface area (Å²) in [5, 5.41) is 30.8. The average molecular weight is 701 g/mol. The van der Waals surface area contributed by atoms with Gasteiger partial charge in [-0.2, -0.15) is 18.4 Å². The highest BCUT2D eigenvalue weighted by molar-refractivity contribution is 6.31. The van der Waals surface area contributed by atoms with Gasteiger partial charge >= 0.3 is 24.1 Å². The van der Waals surface area contributed by atoms with E-state index in [0.717, 1.165) is 11.6 Å². The Bertz CT molecular complexity index is 1680. The highest BCUT2D eigenvalue weighted by Gasteiger charge is 2.62. The van der Waals surface area contributed by atoms with Crippen molar-refractivity contribution >= 4 is 41.1 Å². The van der Waals surface area contributed by atoms with Gasteiger partial charge in [0, 0.05) is 22.5 Å². The quantitative estimate of drug-likeness (QED) is 0.168. The van der Waals surface area contributed by atoms with Crippen LogP contribution >= 0.6 is 23.2 Å². The molecule has 1 fully saturated rings. The summed E-state index contributed by atoms with van der Waals surface area (Å²) in [5.74, 6) is -7.96. The molecule has 47 heavy (non-hydrogen) atoms. The number of hydrogen-bond acceptors (Lipinski definition) is 6. The molecule has 0 bridgehead atoms. The molecule has 0 spiro atoms. The van der Waals surface area contributed by atoms with Crippen molar-refractivity contribution in [1.82, 2.24) is 5.32 Å². The Hall–Kier alpha value is -4.25. The minimum atomic E-state index is -5.08. The van der Waals surface area contributed by atoms with Crippen molar-refractivity contribution in [3.63, 3.8) is 0 Å². The zero-order chi connectivity index (χ0) is 35.3. The zero-order valence-corrected chi connectivity index (χ0v) is 26.1. The van der Waals surface area contributed by atoms with E-state index in [9.17, 15) is 33.1 Å². The number of carboxylic acid groups (broad SMARTS) is 2. The van der Waals surface area contributed by atoms with E-state index in [1.165, 1.54) is 30.3 Å². The first-order valence-corrected chi connectivity index (χ1v) is 14.4. The Labute approximate surface area is 275 Å². The molecule has 0 radical (unpaired) electrons. The summed E-state index contributed by atoms with van der Waals surface area (Å²) in [4.78, 5) is 34.6. The third-order valence-corrected chi connectivity index (χ3v) is 8.15. The van der Waals surface area contributed by atoms with Crippen LogP contribution in [0.1, 0.15) is 42.9 Å². The van der Waals surface area contributed by atoms with Crippen LogP contribution in [0.4, 0.5) is 22.0 Å². The van der Waals surface area contributed by atoms with Crippen LogP contribution in [0.15, 0.2) is 66.7 Å². The van der Waals surface area contributed by atoms with E-state index < -0.39 is 64.6 Å². The second-order valence-electron chi connectivity index (χ2n) is 11.2. The molecule has 1 saturated heterocycles. The molecule has 0 saturated carbocycles. The van der Waals surface area contributed by atoms with Crippen molar-refractivity contribution in [2.75, 3.05) is 0 Å². The molecule has 4 unspecified atom stereocenters. The molecule has 8 nitrogen and oxygen atoms in total. The van der Waals surface area contributed by atoms with E-state index in [-0.39, 0.29) is 34.2 Å². The molecule has 3 N–H and O–H groups in total. The maximum absolute atomic E-state index is 15.6. The SMILES string of the molecule is CC(C)(CC1NC(C(=O)O)C(c2cccc(Cl)c2F)C1(C#N)c1ccc(Cl)cc1F)C(=O)OCc1ccccc1.O=C(O)C(F)(F)F. The number of alkyl halides is 3. The Morgan fingerprint density at radius 1 is 1.00 bits per heavy atom. The van der Waals surface area contributed by atoms with Gasteiger partial charge in [-0.25, -0.2) is 13.6 Å². The minimum Gasteiger partial charge on any atom is -0.480 e. The fourth-order valence-electron chi connectivity index (χ4n) is 5.44. The molecule has 250 valence electrons. The largest absolute Gasteiger partial charge is 0.490 e. The highest BCUT2D eigenvalue weighted by atomic mass is 35.5. The van der Waals surface area contributed by atoms with Crippen molar-refractivity contribution in [3.05, 3.63) is 105 Å². The predicted molar refractivity (Wildman–Crippen MR) is 160 cm³/mol. The second-order valence-corrected chi connectivity index (χ2v) is 12.1. The van der Waals surface area contributed by atoms with Crippen LogP contribution in [-0.2, 0) is 31.1 Å². The molecule has 15 heteroatoms. The first-order valence-electron chi connectivity index (χ1n) is 13.7. The summed E-state index contributed by atoms with van der Waals surface area (Å²) < 4.78 is 68.3. The molecule has 3 aromatic carbocycles. The van der Waals surface area contributed by atoms with Gasteiger partial charge in [0.1, 0.15) is 29.7 Å². The Kier molecular flexibility index (Phi) is 11.6. The smallest absolute Gasteiger partial charge is 0.480 e. The number of nitriles is 1. The van der Waals surface area contributed by atoms with E-state index in [1.807, 2.05) is 6.07 Å². The van der Waals surface area contributed by atoms with E-state index in [1.54, 1.807) is 38.1 Å². The number of nitrogens with one attached hydrogen (secondary N) is 1. The number of nitrogens with zero attached hydrogens (tertiary/aromatic N) is 1. The van der Waals surface area contributed by atoms with E-state index in [2.05, 4.69) is 11.4 Å². The molecule has 0 aliphatic carbocycles. The van der Waals surface area contributed by atoms with Crippen LogP contribution < -0.4 is 5.32 Å². The van der Waals surface area contributed by atoms with Gasteiger partial charge in [-0.05, 0) is 49.6 Å². The summed E-state index contributed by atoms with van der Waals surface area (Å²) in [6.07, 6.45) is -5.22. The monoisotopic (exact) mass is 700 g/mol. The summed E-state index contributed by atoms with van der Waals surface area (Å²) >= 11 is 12.0. The van der Waals surface area contributed by atoms with Crippen molar-refractivity contribution < 1.29 is 51.3 Å². The number of hydrogen-bond donors (Lipinski definition) is 3. The molecule has 4 rings (SSSR count). The lowest BCUT2D eigenvalue weighted by atomic mass is 9.62. The fraction of sp³-hybridized carbons (Fsp3) is 0.312. The molecular weight excluding hydrogens is 674 g/mol. The Morgan fingerprint density at radius 2 is 1.62 bits per heavy atom. The molecule has 1 aliphatic rings. The summed E-state index contributed by atoms with van der Waals surface area (Å²) in [6, 6.07) is 16.2. The number of carboxylic acids is 2. The molecule has 4 atom stereocenters. The number of esters is 1. The maximum Gasteiger partial charge on any atom is 0.490 e. The van der Waals surface area contributed by atoms with Crippen LogP contribution in [0.2, 0.25) is 10.0 Å². The number of carbonyl (C=O) groups is 3. The lowest BCUT2D eigenvalue weighted by Gasteiger charge is -2.37. The van der Waals surface area contributed by atoms with E-state index in [4.69, 9.17) is 37.8 Å². The van der Waals surface area contributed by atoms with Crippen molar-refractivity contribution in [2.24, 2.45) is 5.41 Å². The lowest BCUT2D eigenvalue weighted by molar-refractivity contribution is -0.192. The van der Waals surface area contributed by atoms with Gasteiger partial charge in [0.15, 0.2) is 0 Å². The topological polar surface area (TPSA) is 137 Å². The van der Waals surface area contributed by atoms with Gasteiger partial charge in [-0.3, -0.25) is 14.9 Å². The van der Waals surface area contributed by atoms with Gasteiger partial charge in [-0.15, -0.1) is 0 Å². The summed E-state index contributed by atoms with van der Waals surface area (Å²) in [5.41, 5.74) is -2.83. The van der Waals surface area contributed by atoms with E-state index >= 15 is 8.78 Å². The van der Waals surface area contributed by atoms with Crippen LogP contribution in [0.5, 0.6) is 0 Å². The standard InChI is InChI=1S/C30H26Cl2F2N2O4.C2HF3O2/c1-29(2,28(39)40-15-17-7-4-3-5-8-17)14-23-30(16-35,20-12-11-18(31)13-22(20)33)24(26(36-23)27(37)38)19-9-6-10-21(32)25(19)34;3-2(4,5)1(6)7/h3-13,23-24,26,36H,14-15H2,1-2H3,(H,37,38);(H,6,7). The number of aliphatic carboxylic acids is 2. The zero-order valence-electron chi connectivity index (χ0n) is 24.6. The normalized spacial score (nSPS) is 20.8. The Balaban J connectivity index is 0.000000771. The summed E-state index contributed by atoms with van der Waals surface area (Å²) in [7, 11) is 0. The van der Waals surface area contributed by atoms with Crippen LogP contribution in [0.25, 0.3) is 0 Å². The highest BCUT2D eigenvalue weighted by Crippen LogP contribution is 2.53. The third kappa shape index (κ3) is 8.19. The van der Waals surface area contributed by atoms with Gasteiger partial charge in [-0.1, -0.05) is 71.7 Å². The van der Waals surface area contributed by atoms with E-state index in [0.29, 0.717) is 0 Å². The lowest BCUT2D eigenvalue weighted by Crippen LogP contribution is -2.46. The van der Waals surface area contributed by atoms with Crippen LogP contribution in [0.3, 0.4) is 0 Å².